The second-order valence-corrected chi connectivity index (χ2v) is 9.02. The molecule has 0 unspecified atom stereocenters. The van der Waals surface area contributed by atoms with E-state index >= 15 is 0 Å². The van der Waals surface area contributed by atoms with Crippen LogP contribution in [-0.4, -0.2) is 32.9 Å². The van der Waals surface area contributed by atoms with E-state index in [1.54, 1.807) is 24.4 Å². The molecule has 1 N–H and O–H groups in total. The molecule has 0 atom stereocenters. The molecule has 0 bridgehead atoms. The maximum atomic E-state index is 12.5. The Morgan fingerprint density at radius 1 is 1.00 bits per heavy atom. The van der Waals surface area contributed by atoms with Crippen molar-refractivity contribution < 1.29 is 23.7 Å². The fourth-order valence-corrected chi connectivity index (χ4v) is 4.05. The molecule has 0 aliphatic heterocycles. The summed E-state index contributed by atoms with van der Waals surface area (Å²) in [7, 11) is 3.05. The first-order valence-electron chi connectivity index (χ1n) is 10.3. The average Bonchev–Trinajstić information content (AvgIpc) is 2.84. The van der Waals surface area contributed by atoms with E-state index in [-0.39, 0.29) is 5.91 Å². The molecular weight excluding hydrogens is 615 g/mol. The van der Waals surface area contributed by atoms with Gasteiger partial charge in [0.05, 0.1) is 30.6 Å². The molecule has 0 saturated carbocycles. The van der Waals surface area contributed by atoms with Gasteiger partial charge in [-0.25, -0.2) is 5.43 Å². The number of rotatable bonds is 10. The van der Waals surface area contributed by atoms with Gasteiger partial charge < -0.3 is 18.9 Å². The van der Waals surface area contributed by atoms with Gasteiger partial charge in [0.25, 0.3) is 5.91 Å². The number of halogens is 2. The van der Waals surface area contributed by atoms with E-state index in [1.165, 1.54) is 14.2 Å². The number of nitrogens with one attached hydrogen (secondary N) is 1. The highest BCUT2D eigenvalue weighted by molar-refractivity contribution is 14.1. The van der Waals surface area contributed by atoms with E-state index < -0.39 is 0 Å². The summed E-state index contributed by atoms with van der Waals surface area (Å²) in [6.07, 6.45) is 1.56. The Morgan fingerprint density at radius 3 is 2.41 bits per heavy atom. The SMILES string of the molecule is CCOc1cc(/C=N/NC(=O)c2ccc(OC)c(OC)c2)cc(I)c1OCc1ccc(Br)cc1. The Balaban J connectivity index is 1.71. The third-order valence-electron chi connectivity index (χ3n) is 4.65. The summed E-state index contributed by atoms with van der Waals surface area (Å²) < 4.78 is 24.2. The third-order valence-corrected chi connectivity index (χ3v) is 5.98. The number of benzene rings is 3. The first-order chi connectivity index (χ1) is 16.4. The Hall–Kier alpha value is -2.79. The second-order valence-electron chi connectivity index (χ2n) is 6.95. The topological polar surface area (TPSA) is 78.4 Å². The van der Waals surface area contributed by atoms with Gasteiger partial charge in [-0.05, 0) is 83.1 Å². The van der Waals surface area contributed by atoms with E-state index in [2.05, 4.69) is 49.0 Å². The Bertz CT molecular complexity index is 1170. The summed E-state index contributed by atoms with van der Waals surface area (Å²) in [5.74, 6) is 1.92. The molecule has 0 aromatic heterocycles. The molecular formula is C25H24BrIN2O5. The van der Waals surface area contributed by atoms with Crippen LogP contribution in [0.4, 0.5) is 0 Å². The van der Waals surface area contributed by atoms with Crippen molar-refractivity contribution in [3.05, 3.63) is 79.3 Å². The largest absolute Gasteiger partial charge is 0.493 e. The highest BCUT2D eigenvalue weighted by Crippen LogP contribution is 2.34. The van der Waals surface area contributed by atoms with Crippen LogP contribution < -0.4 is 24.4 Å². The average molecular weight is 639 g/mol. The number of hydrogen-bond donors (Lipinski definition) is 1. The summed E-state index contributed by atoms with van der Waals surface area (Å²) in [5, 5.41) is 4.09. The van der Waals surface area contributed by atoms with Crippen LogP contribution in [-0.2, 0) is 6.61 Å². The zero-order chi connectivity index (χ0) is 24.5. The van der Waals surface area contributed by atoms with Gasteiger partial charge >= 0.3 is 0 Å². The highest BCUT2D eigenvalue weighted by atomic mass is 127. The fraction of sp³-hybridized carbons (Fsp3) is 0.200. The number of ether oxygens (including phenoxy) is 4. The van der Waals surface area contributed by atoms with Gasteiger partial charge in [0.15, 0.2) is 23.0 Å². The monoisotopic (exact) mass is 638 g/mol. The van der Waals surface area contributed by atoms with Gasteiger partial charge in [0.1, 0.15) is 6.61 Å². The number of carbonyl (C=O) groups excluding carboxylic acids is 1. The van der Waals surface area contributed by atoms with Gasteiger partial charge in [-0.1, -0.05) is 28.1 Å². The summed E-state index contributed by atoms with van der Waals surface area (Å²) in [4.78, 5) is 12.5. The number of carbonyl (C=O) groups is 1. The van der Waals surface area contributed by atoms with Crippen molar-refractivity contribution in [2.45, 2.75) is 13.5 Å². The predicted octanol–water partition coefficient (Wildman–Crippen LogP) is 5.81. The van der Waals surface area contributed by atoms with E-state index in [0.29, 0.717) is 41.8 Å². The predicted molar refractivity (Wildman–Crippen MR) is 143 cm³/mol. The molecule has 0 spiro atoms. The van der Waals surface area contributed by atoms with Crippen molar-refractivity contribution in [1.29, 1.82) is 0 Å². The minimum Gasteiger partial charge on any atom is -0.493 e. The molecule has 3 aromatic carbocycles. The van der Waals surface area contributed by atoms with Crippen molar-refractivity contribution in [2.75, 3.05) is 20.8 Å². The molecule has 0 saturated heterocycles. The van der Waals surface area contributed by atoms with Crippen LogP contribution in [0.2, 0.25) is 0 Å². The molecule has 3 rings (SSSR count). The Morgan fingerprint density at radius 2 is 1.74 bits per heavy atom. The van der Waals surface area contributed by atoms with Crippen LogP contribution in [0.5, 0.6) is 23.0 Å². The van der Waals surface area contributed by atoms with Crippen LogP contribution in [0.3, 0.4) is 0 Å². The lowest BCUT2D eigenvalue weighted by Crippen LogP contribution is -2.17. The molecule has 0 aliphatic rings. The van der Waals surface area contributed by atoms with Crippen molar-refractivity contribution >= 4 is 50.6 Å². The van der Waals surface area contributed by atoms with Gasteiger partial charge in [-0.3, -0.25) is 4.79 Å². The van der Waals surface area contributed by atoms with E-state index in [9.17, 15) is 4.79 Å². The summed E-state index contributed by atoms with van der Waals surface area (Å²) in [6, 6.07) is 16.6. The lowest BCUT2D eigenvalue weighted by molar-refractivity contribution is 0.0954. The first kappa shape index (κ1) is 25.8. The maximum absolute atomic E-state index is 12.5. The quantitative estimate of drug-likeness (QED) is 0.172. The Kier molecular flexibility index (Phi) is 9.58. The molecule has 0 fully saturated rings. The van der Waals surface area contributed by atoms with E-state index in [0.717, 1.165) is 19.2 Å². The van der Waals surface area contributed by atoms with Gasteiger partial charge in [-0.15, -0.1) is 0 Å². The molecule has 7 nitrogen and oxygen atoms in total. The molecule has 0 aliphatic carbocycles. The van der Waals surface area contributed by atoms with Crippen LogP contribution in [0.25, 0.3) is 0 Å². The number of nitrogens with zero attached hydrogens (tertiary/aromatic N) is 1. The summed E-state index contributed by atoms with van der Waals surface area (Å²) in [6.45, 7) is 2.81. The molecule has 9 heteroatoms. The number of methoxy groups -OCH3 is 2. The van der Waals surface area contributed by atoms with E-state index in [4.69, 9.17) is 18.9 Å². The second kappa shape index (κ2) is 12.6. The van der Waals surface area contributed by atoms with Crippen LogP contribution in [0, 0.1) is 3.57 Å². The molecule has 178 valence electrons. The van der Waals surface area contributed by atoms with Crippen molar-refractivity contribution in [3.63, 3.8) is 0 Å². The minimum absolute atomic E-state index is 0.369. The van der Waals surface area contributed by atoms with Crippen molar-refractivity contribution in [2.24, 2.45) is 5.10 Å². The number of hydrazone groups is 1. The van der Waals surface area contributed by atoms with E-state index in [1.807, 2.05) is 43.3 Å². The highest BCUT2D eigenvalue weighted by Gasteiger charge is 2.13. The van der Waals surface area contributed by atoms with Crippen molar-refractivity contribution in [3.8, 4) is 23.0 Å². The lowest BCUT2D eigenvalue weighted by atomic mass is 10.2. The zero-order valence-corrected chi connectivity index (χ0v) is 22.7. The van der Waals surface area contributed by atoms with Crippen LogP contribution in [0.15, 0.2) is 64.2 Å². The summed E-state index contributed by atoms with van der Waals surface area (Å²) in [5.41, 5.74) is 4.73. The Labute approximate surface area is 220 Å². The van der Waals surface area contributed by atoms with Crippen LogP contribution in [0.1, 0.15) is 28.4 Å². The van der Waals surface area contributed by atoms with Gasteiger partial charge in [-0.2, -0.15) is 5.10 Å². The lowest BCUT2D eigenvalue weighted by Gasteiger charge is -2.15. The van der Waals surface area contributed by atoms with Gasteiger partial charge in [0, 0.05) is 10.0 Å². The number of amides is 1. The summed E-state index contributed by atoms with van der Waals surface area (Å²) >= 11 is 5.64. The normalized spacial score (nSPS) is 10.7. The van der Waals surface area contributed by atoms with Crippen LogP contribution >= 0.6 is 38.5 Å². The fourth-order valence-electron chi connectivity index (χ4n) is 3.01. The molecule has 3 aromatic rings. The van der Waals surface area contributed by atoms with Gasteiger partial charge in [0.2, 0.25) is 0 Å². The zero-order valence-electron chi connectivity index (χ0n) is 18.9. The smallest absolute Gasteiger partial charge is 0.271 e. The van der Waals surface area contributed by atoms with Crippen molar-refractivity contribution in [1.82, 2.24) is 5.43 Å². The first-order valence-corrected chi connectivity index (χ1v) is 12.2. The maximum Gasteiger partial charge on any atom is 0.271 e. The molecule has 34 heavy (non-hydrogen) atoms. The minimum atomic E-state index is -0.369. The third kappa shape index (κ3) is 6.86. The molecule has 1 amide bonds. The standard InChI is InChI=1S/C25H24BrIN2O5/c1-4-33-23-12-17(11-20(27)24(23)34-15-16-5-8-19(26)9-6-16)14-28-29-25(30)18-7-10-21(31-2)22(13-18)32-3/h5-14H,4,15H2,1-3H3,(H,29,30)/b28-14+. The molecule has 0 heterocycles. The molecule has 0 radical (unpaired) electrons. The number of hydrogen-bond acceptors (Lipinski definition) is 6.